The lowest BCUT2D eigenvalue weighted by Crippen LogP contribution is -2.02. The Labute approximate surface area is 69.7 Å². The molecule has 0 fully saturated rings. The van der Waals surface area contributed by atoms with Crippen molar-refractivity contribution in [2.45, 2.75) is 30.8 Å². The van der Waals surface area contributed by atoms with Gasteiger partial charge in [-0.1, -0.05) is 13.0 Å². The molecule has 0 spiro atoms. The Kier molecular flexibility index (Phi) is 7.52. The van der Waals surface area contributed by atoms with E-state index in [-0.39, 0.29) is 9.52 Å². The van der Waals surface area contributed by atoms with Crippen molar-refractivity contribution in [1.82, 2.24) is 0 Å². The molecule has 0 saturated heterocycles. The largest absolute Gasteiger partial charge is 0.127 e. The van der Waals surface area contributed by atoms with E-state index in [1.54, 1.807) is 0 Å². The van der Waals surface area contributed by atoms with Gasteiger partial charge in [0.05, 0.1) is 0 Å². The van der Waals surface area contributed by atoms with Crippen LogP contribution in [0, 0.1) is 0 Å². The Morgan fingerprint density at radius 2 is 2.22 bits per heavy atom. The van der Waals surface area contributed by atoms with Crippen molar-refractivity contribution in [1.29, 1.82) is 0 Å². The third-order valence-corrected chi connectivity index (χ3v) is 4.13. The van der Waals surface area contributed by atoms with E-state index < -0.39 is 0 Å². The van der Waals surface area contributed by atoms with Crippen LogP contribution in [0.2, 0.25) is 12.1 Å². The molecule has 0 aromatic rings. The van der Waals surface area contributed by atoms with Crippen LogP contribution in [-0.4, -0.2) is 20.8 Å². The molecule has 9 heavy (non-hydrogen) atoms. The number of hydrogen-bond acceptors (Lipinski definition) is 0. The van der Waals surface area contributed by atoms with Gasteiger partial charge in [0, 0.05) is 20.8 Å². The lowest BCUT2D eigenvalue weighted by molar-refractivity contribution is 0.893. The van der Waals surface area contributed by atoms with Gasteiger partial charge in [-0.2, -0.15) is 0 Å². The summed E-state index contributed by atoms with van der Waals surface area (Å²) < 4.78 is 0. The Bertz CT molecular complexity index is 59.0. The van der Waals surface area contributed by atoms with Gasteiger partial charge in [0.1, 0.15) is 0 Å². The molecule has 0 radical (unpaired) electrons. The fourth-order valence-corrected chi connectivity index (χ4v) is 2.78. The van der Waals surface area contributed by atoms with Crippen LogP contribution in [-0.2, 0) is 0 Å². The van der Waals surface area contributed by atoms with Gasteiger partial charge in [0.25, 0.3) is 0 Å². The highest BCUT2D eigenvalue weighted by molar-refractivity contribution is 6.38. The lowest BCUT2D eigenvalue weighted by Gasteiger charge is -2.03. The first-order valence-corrected chi connectivity index (χ1v) is 6.48. The molecule has 0 rings (SSSR count). The van der Waals surface area contributed by atoms with Gasteiger partial charge < -0.3 is 0 Å². The number of hydrogen-bond donors (Lipinski definition) is 0. The summed E-state index contributed by atoms with van der Waals surface area (Å²) in [6, 6.07) is 2.62. The molecule has 0 N–H and O–H groups in total. The van der Waals surface area contributed by atoms with E-state index in [9.17, 15) is 0 Å². The average molecular weight is 185 g/mol. The topological polar surface area (TPSA) is 0 Å². The standard InChI is InChI=1S/C6H14Cl2Si/c1-2-9-5-6(8)3-4-7/h6H,2-5,9H2,1H3. The monoisotopic (exact) mass is 184 g/mol. The summed E-state index contributed by atoms with van der Waals surface area (Å²) in [5.74, 6) is 0.715. The maximum Gasteiger partial charge on any atom is 0.0318 e. The Morgan fingerprint density at radius 1 is 1.56 bits per heavy atom. The van der Waals surface area contributed by atoms with E-state index >= 15 is 0 Å². The molecule has 56 valence electrons. The van der Waals surface area contributed by atoms with E-state index in [4.69, 9.17) is 23.2 Å². The summed E-state index contributed by atoms with van der Waals surface area (Å²) in [5, 5.41) is 0.370. The van der Waals surface area contributed by atoms with Gasteiger partial charge in [-0.25, -0.2) is 0 Å². The summed E-state index contributed by atoms with van der Waals surface area (Å²) in [5.41, 5.74) is 0. The molecule has 0 aromatic heterocycles. The lowest BCUT2D eigenvalue weighted by atomic mass is 10.4. The molecule has 0 aliphatic heterocycles. The van der Waals surface area contributed by atoms with Gasteiger partial charge in [0.2, 0.25) is 0 Å². The molecule has 1 atom stereocenters. The van der Waals surface area contributed by atoms with Crippen molar-refractivity contribution in [2.24, 2.45) is 0 Å². The third-order valence-electron chi connectivity index (χ3n) is 1.29. The molecule has 0 nitrogen and oxygen atoms in total. The Morgan fingerprint density at radius 3 is 2.67 bits per heavy atom. The highest BCUT2D eigenvalue weighted by Crippen LogP contribution is 2.08. The zero-order valence-electron chi connectivity index (χ0n) is 5.87. The second kappa shape index (κ2) is 6.91. The first-order chi connectivity index (χ1) is 4.31. The Balaban J connectivity index is 2.95. The van der Waals surface area contributed by atoms with Crippen LogP contribution in [0.3, 0.4) is 0 Å². The minimum absolute atomic E-state index is 0.163. The van der Waals surface area contributed by atoms with Gasteiger partial charge >= 0.3 is 0 Å². The molecule has 0 saturated carbocycles. The minimum Gasteiger partial charge on any atom is -0.127 e. The van der Waals surface area contributed by atoms with E-state index in [2.05, 4.69) is 6.92 Å². The maximum absolute atomic E-state index is 5.91. The summed E-state index contributed by atoms with van der Waals surface area (Å²) >= 11 is 11.4. The van der Waals surface area contributed by atoms with Crippen LogP contribution in [0.5, 0.6) is 0 Å². The third kappa shape index (κ3) is 6.69. The number of alkyl halides is 2. The molecule has 0 amide bonds. The van der Waals surface area contributed by atoms with Crippen LogP contribution in [0.25, 0.3) is 0 Å². The van der Waals surface area contributed by atoms with E-state index in [1.807, 2.05) is 0 Å². The molecule has 0 heterocycles. The first-order valence-electron chi connectivity index (χ1n) is 3.51. The molecule has 3 heteroatoms. The molecule has 0 aliphatic carbocycles. The van der Waals surface area contributed by atoms with E-state index in [0.29, 0.717) is 11.3 Å². The molecular weight excluding hydrogens is 171 g/mol. The van der Waals surface area contributed by atoms with Crippen LogP contribution in [0.15, 0.2) is 0 Å². The SMILES string of the molecule is CC[SiH2]CC(Cl)CCCl. The molecule has 0 aliphatic rings. The number of rotatable bonds is 5. The van der Waals surface area contributed by atoms with Crippen molar-refractivity contribution in [3.63, 3.8) is 0 Å². The van der Waals surface area contributed by atoms with Crippen LogP contribution in [0.4, 0.5) is 0 Å². The van der Waals surface area contributed by atoms with Crippen molar-refractivity contribution >= 4 is 32.7 Å². The van der Waals surface area contributed by atoms with Crippen LogP contribution < -0.4 is 0 Å². The smallest absolute Gasteiger partial charge is 0.0318 e. The van der Waals surface area contributed by atoms with Crippen molar-refractivity contribution in [3.05, 3.63) is 0 Å². The molecule has 0 bridgehead atoms. The quantitative estimate of drug-likeness (QED) is 0.455. The maximum atomic E-state index is 5.91. The van der Waals surface area contributed by atoms with Crippen molar-refractivity contribution < 1.29 is 0 Å². The predicted molar refractivity (Wildman–Crippen MR) is 48.8 cm³/mol. The Hall–Kier alpha value is 0.797. The normalized spacial score (nSPS) is 15.0. The predicted octanol–water partition coefficient (Wildman–Crippen LogP) is 2.25. The molecular formula is C6H14Cl2Si. The van der Waals surface area contributed by atoms with Gasteiger partial charge in [0.15, 0.2) is 0 Å². The summed E-state index contributed by atoms with van der Waals surface area (Å²) in [6.45, 7) is 2.23. The van der Waals surface area contributed by atoms with Gasteiger partial charge in [-0.05, 0) is 12.5 Å². The summed E-state index contributed by atoms with van der Waals surface area (Å²) in [4.78, 5) is 0. The van der Waals surface area contributed by atoms with Crippen LogP contribution >= 0.6 is 23.2 Å². The van der Waals surface area contributed by atoms with Crippen molar-refractivity contribution in [3.8, 4) is 0 Å². The van der Waals surface area contributed by atoms with Crippen LogP contribution in [0.1, 0.15) is 13.3 Å². The minimum atomic E-state index is 0.163. The fourth-order valence-electron chi connectivity index (χ4n) is 0.688. The molecule has 0 aromatic carbocycles. The molecule has 1 unspecified atom stereocenters. The second-order valence-electron chi connectivity index (χ2n) is 2.22. The number of halogens is 2. The first kappa shape index (κ1) is 9.80. The highest BCUT2D eigenvalue weighted by atomic mass is 35.5. The fraction of sp³-hybridized carbons (Fsp3) is 1.00. The highest BCUT2D eigenvalue weighted by Gasteiger charge is 2.01. The van der Waals surface area contributed by atoms with Gasteiger partial charge in [-0.15, -0.1) is 23.2 Å². The van der Waals surface area contributed by atoms with E-state index in [0.717, 1.165) is 6.42 Å². The zero-order chi connectivity index (χ0) is 7.11. The zero-order valence-corrected chi connectivity index (χ0v) is 8.79. The van der Waals surface area contributed by atoms with Gasteiger partial charge in [-0.3, -0.25) is 0 Å². The summed E-state index contributed by atoms with van der Waals surface area (Å²) in [7, 11) is 0.163. The van der Waals surface area contributed by atoms with Crippen molar-refractivity contribution in [2.75, 3.05) is 5.88 Å². The van der Waals surface area contributed by atoms with E-state index in [1.165, 1.54) is 12.1 Å². The average Bonchev–Trinajstić information content (AvgIpc) is 1.85. The summed E-state index contributed by atoms with van der Waals surface area (Å²) in [6.07, 6.45) is 0.982. The second-order valence-corrected chi connectivity index (χ2v) is 5.50.